The van der Waals surface area contributed by atoms with E-state index in [1.165, 1.54) is 55.1 Å². The van der Waals surface area contributed by atoms with Crippen molar-refractivity contribution in [1.82, 2.24) is 9.55 Å². The maximum atomic E-state index is 4.54. The molecule has 0 fully saturated rings. The molecular weight excluding hydrogens is 653 g/mol. The second-order valence-corrected chi connectivity index (χ2v) is 14.3. The quantitative estimate of drug-likeness (QED) is 0.170. The van der Waals surface area contributed by atoms with Crippen molar-refractivity contribution < 1.29 is 0 Å². The van der Waals surface area contributed by atoms with Crippen molar-refractivity contribution in [2.24, 2.45) is 5.92 Å². The van der Waals surface area contributed by atoms with Gasteiger partial charge in [0.15, 0.2) is 0 Å². The second-order valence-electron chi connectivity index (χ2n) is 14.3. The van der Waals surface area contributed by atoms with Crippen LogP contribution in [-0.2, 0) is 0 Å². The molecule has 6 aromatic carbocycles. The zero-order valence-electron chi connectivity index (χ0n) is 30.2. The molecule has 2 aromatic heterocycles. The number of pyridine rings is 1. The predicted molar refractivity (Wildman–Crippen MR) is 229 cm³/mol. The molecule has 2 heteroatoms. The van der Waals surface area contributed by atoms with Crippen molar-refractivity contribution in [3.8, 4) is 16.8 Å². The molecule has 2 aliphatic carbocycles. The summed E-state index contributed by atoms with van der Waals surface area (Å²) in [7, 11) is 0. The molecule has 0 spiro atoms. The first kappa shape index (κ1) is 31.9. The predicted octanol–water partition coefficient (Wildman–Crippen LogP) is 13.4. The van der Waals surface area contributed by atoms with Crippen LogP contribution in [0.15, 0.2) is 188 Å². The van der Waals surface area contributed by atoms with Gasteiger partial charge in [0.05, 0.1) is 11.0 Å². The van der Waals surface area contributed by atoms with E-state index in [4.69, 9.17) is 0 Å². The number of para-hydroxylation sites is 1. The van der Waals surface area contributed by atoms with Crippen LogP contribution in [0.4, 0.5) is 0 Å². The first-order valence-electron chi connectivity index (χ1n) is 18.8. The SMILES string of the molecule is C=Cc1c(-c2ccc3c(c2)c2cnccc2n3-c2ccccc2)ccc(C2=C3C=CC=CC3C(c3ccc4ccccc4c3)c3ccccc32)c1/C=C\C. The zero-order chi connectivity index (χ0) is 36.2. The number of benzene rings is 6. The van der Waals surface area contributed by atoms with E-state index in [0.29, 0.717) is 0 Å². The highest BCUT2D eigenvalue weighted by atomic mass is 15.0. The highest BCUT2D eigenvalue weighted by molar-refractivity contribution is 6.10. The highest BCUT2D eigenvalue weighted by Gasteiger charge is 2.36. The number of hydrogen-bond acceptors (Lipinski definition) is 1. The average molecular weight is 691 g/mol. The third-order valence-electron chi connectivity index (χ3n) is 11.4. The van der Waals surface area contributed by atoms with Crippen molar-refractivity contribution >= 4 is 50.3 Å². The fraction of sp³-hybridized carbons (Fsp3) is 0.0577. The Hall–Kier alpha value is -6.77. The summed E-state index contributed by atoms with van der Waals surface area (Å²) >= 11 is 0. The molecule has 256 valence electrons. The molecule has 10 rings (SSSR count). The Balaban J connectivity index is 1.17. The van der Waals surface area contributed by atoms with Gasteiger partial charge in [-0.15, -0.1) is 0 Å². The Morgan fingerprint density at radius 1 is 0.667 bits per heavy atom. The summed E-state index contributed by atoms with van der Waals surface area (Å²) in [6.45, 7) is 6.52. The maximum absolute atomic E-state index is 4.54. The maximum Gasteiger partial charge on any atom is 0.0571 e. The van der Waals surface area contributed by atoms with Crippen molar-refractivity contribution in [3.63, 3.8) is 0 Å². The summed E-state index contributed by atoms with van der Waals surface area (Å²) in [4.78, 5) is 4.54. The molecule has 0 saturated heterocycles. The normalized spacial score (nSPS) is 16.4. The lowest BCUT2D eigenvalue weighted by atomic mass is 9.66. The van der Waals surface area contributed by atoms with Gasteiger partial charge in [-0.1, -0.05) is 152 Å². The van der Waals surface area contributed by atoms with Gasteiger partial charge in [-0.3, -0.25) is 4.98 Å². The number of rotatable bonds is 6. The summed E-state index contributed by atoms with van der Waals surface area (Å²) in [5.41, 5.74) is 15.9. The van der Waals surface area contributed by atoms with Crippen LogP contribution >= 0.6 is 0 Å². The van der Waals surface area contributed by atoms with Gasteiger partial charge in [0, 0.05) is 40.7 Å². The van der Waals surface area contributed by atoms with Crippen molar-refractivity contribution in [1.29, 1.82) is 0 Å². The van der Waals surface area contributed by atoms with Crippen LogP contribution in [0.5, 0.6) is 0 Å². The van der Waals surface area contributed by atoms with Crippen LogP contribution in [-0.4, -0.2) is 9.55 Å². The summed E-state index contributed by atoms with van der Waals surface area (Å²) in [5, 5.41) is 4.86. The molecule has 0 saturated carbocycles. The highest BCUT2D eigenvalue weighted by Crippen LogP contribution is 2.51. The third-order valence-corrected chi connectivity index (χ3v) is 11.4. The lowest BCUT2D eigenvalue weighted by Crippen LogP contribution is -2.23. The molecule has 2 aliphatic rings. The van der Waals surface area contributed by atoms with Gasteiger partial charge in [-0.25, -0.2) is 0 Å². The van der Waals surface area contributed by atoms with Crippen LogP contribution in [0.3, 0.4) is 0 Å². The number of fused-ring (bicyclic) bond motifs is 6. The Morgan fingerprint density at radius 3 is 2.33 bits per heavy atom. The molecule has 0 amide bonds. The number of hydrogen-bond donors (Lipinski definition) is 0. The largest absolute Gasteiger partial charge is 0.309 e. The van der Waals surface area contributed by atoms with E-state index in [0.717, 1.165) is 38.8 Å². The fourth-order valence-corrected chi connectivity index (χ4v) is 9.09. The lowest BCUT2D eigenvalue weighted by molar-refractivity contribution is 0.649. The molecule has 2 atom stereocenters. The van der Waals surface area contributed by atoms with Crippen molar-refractivity contribution in [2.75, 3.05) is 0 Å². The van der Waals surface area contributed by atoms with E-state index in [2.05, 4.69) is 193 Å². The minimum atomic E-state index is 0.198. The minimum absolute atomic E-state index is 0.198. The van der Waals surface area contributed by atoms with Crippen molar-refractivity contribution in [3.05, 3.63) is 222 Å². The standard InChI is InChI=1S/C52H38N2/c1-3-14-41-39(4-2)40(36-25-28-49-47(32-36)48-33-53-30-29-50(48)54(49)38-17-6-5-7-18-38)26-27-46(41)52-44-21-12-10-19-42(44)51(43-20-11-13-22-45(43)52)37-24-23-34-15-8-9-16-35(34)31-37/h3-33,42,51H,2H2,1H3/b14-3-. The Kier molecular flexibility index (Phi) is 7.70. The van der Waals surface area contributed by atoms with Gasteiger partial charge in [-0.05, 0) is 104 Å². The molecule has 0 radical (unpaired) electrons. The van der Waals surface area contributed by atoms with Gasteiger partial charge in [0.1, 0.15) is 0 Å². The lowest BCUT2D eigenvalue weighted by Gasteiger charge is -2.37. The monoisotopic (exact) mass is 690 g/mol. The smallest absolute Gasteiger partial charge is 0.0571 e. The van der Waals surface area contributed by atoms with E-state index < -0.39 is 0 Å². The molecular formula is C52H38N2. The van der Waals surface area contributed by atoms with E-state index in [1.807, 2.05) is 18.5 Å². The molecule has 54 heavy (non-hydrogen) atoms. The fourth-order valence-electron chi connectivity index (χ4n) is 9.09. The summed E-state index contributed by atoms with van der Waals surface area (Å²) in [6, 6.07) is 48.9. The Morgan fingerprint density at radius 2 is 1.46 bits per heavy atom. The van der Waals surface area contributed by atoms with Crippen molar-refractivity contribution in [2.45, 2.75) is 12.8 Å². The average Bonchev–Trinajstić information content (AvgIpc) is 3.56. The number of nitrogens with zero attached hydrogens (tertiary/aromatic N) is 2. The Labute approximate surface area is 316 Å². The molecule has 0 bridgehead atoms. The summed E-state index contributed by atoms with van der Waals surface area (Å²) in [6.07, 6.45) is 19.5. The second kappa shape index (κ2) is 13.0. The Bertz CT molecular complexity index is 2910. The molecule has 0 N–H and O–H groups in total. The molecule has 2 nitrogen and oxygen atoms in total. The van der Waals surface area contributed by atoms with Crippen LogP contribution in [0.2, 0.25) is 0 Å². The molecule has 0 aliphatic heterocycles. The van der Waals surface area contributed by atoms with E-state index in [1.54, 1.807) is 0 Å². The van der Waals surface area contributed by atoms with E-state index in [-0.39, 0.29) is 11.8 Å². The number of allylic oxidation sites excluding steroid dienone is 6. The first-order valence-corrected chi connectivity index (χ1v) is 18.8. The summed E-state index contributed by atoms with van der Waals surface area (Å²) in [5.74, 6) is 0.401. The van der Waals surface area contributed by atoms with Gasteiger partial charge in [-0.2, -0.15) is 0 Å². The van der Waals surface area contributed by atoms with Gasteiger partial charge in [0.2, 0.25) is 0 Å². The zero-order valence-corrected chi connectivity index (χ0v) is 30.2. The minimum Gasteiger partial charge on any atom is -0.309 e. The molecule has 8 aromatic rings. The van der Waals surface area contributed by atoms with Crippen LogP contribution in [0, 0.1) is 5.92 Å². The van der Waals surface area contributed by atoms with Crippen LogP contribution in [0.25, 0.3) is 67.1 Å². The molecule has 2 unspecified atom stereocenters. The van der Waals surface area contributed by atoms with Gasteiger partial charge >= 0.3 is 0 Å². The topological polar surface area (TPSA) is 17.8 Å². The third kappa shape index (κ3) is 4.98. The van der Waals surface area contributed by atoms with Gasteiger partial charge < -0.3 is 4.57 Å². The number of aromatic nitrogens is 2. The first-order chi connectivity index (χ1) is 26.7. The summed E-state index contributed by atoms with van der Waals surface area (Å²) < 4.78 is 2.33. The van der Waals surface area contributed by atoms with Crippen LogP contribution < -0.4 is 0 Å². The molecule has 2 heterocycles. The van der Waals surface area contributed by atoms with E-state index in [9.17, 15) is 0 Å². The van der Waals surface area contributed by atoms with E-state index >= 15 is 0 Å². The van der Waals surface area contributed by atoms with Gasteiger partial charge in [0.25, 0.3) is 0 Å². The van der Waals surface area contributed by atoms with Crippen LogP contribution in [0.1, 0.15) is 46.2 Å².